The van der Waals surface area contributed by atoms with E-state index in [2.05, 4.69) is 10.3 Å². The molecule has 92 valence electrons. The highest BCUT2D eigenvalue weighted by Gasteiger charge is 2.09. The second-order valence-electron chi connectivity index (χ2n) is 3.96. The molecule has 2 rings (SSSR count). The van der Waals surface area contributed by atoms with Crippen LogP contribution in [0.25, 0.3) is 0 Å². The number of nitrogens with one attached hydrogen (secondary N) is 1. The molecule has 0 aliphatic carbocycles. The summed E-state index contributed by atoms with van der Waals surface area (Å²) in [6.07, 6.45) is 3.02. The van der Waals surface area contributed by atoms with Gasteiger partial charge in [-0.2, -0.15) is 0 Å². The van der Waals surface area contributed by atoms with Crippen LogP contribution in [0.4, 0.5) is 0 Å². The Bertz CT molecular complexity index is 569. The molecule has 0 saturated heterocycles. The van der Waals surface area contributed by atoms with Gasteiger partial charge >= 0.3 is 0 Å². The number of pyridine rings is 1. The van der Waals surface area contributed by atoms with Crippen molar-refractivity contribution in [3.63, 3.8) is 0 Å². The molecule has 0 spiro atoms. The van der Waals surface area contributed by atoms with Crippen LogP contribution < -0.4 is 5.32 Å². The summed E-state index contributed by atoms with van der Waals surface area (Å²) in [6.45, 7) is 2.50. The van der Waals surface area contributed by atoms with Crippen molar-refractivity contribution in [2.24, 2.45) is 0 Å². The van der Waals surface area contributed by atoms with Gasteiger partial charge < -0.3 is 5.32 Å². The molecule has 0 saturated carbocycles. The normalized spacial score (nSPS) is 10.1. The average molecular weight is 261 g/mol. The monoisotopic (exact) mass is 260 g/mol. The number of amides is 1. The molecule has 0 atom stereocenters. The summed E-state index contributed by atoms with van der Waals surface area (Å²) in [4.78, 5) is 15.8. The third-order valence-electron chi connectivity index (χ3n) is 2.71. The largest absolute Gasteiger partial charge is 0.348 e. The fourth-order valence-electron chi connectivity index (χ4n) is 1.62. The van der Waals surface area contributed by atoms with E-state index in [1.807, 2.05) is 31.2 Å². The van der Waals surface area contributed by atoms with Crippen LogP contribution in [0, 0.1) is 6.92 Å². The van der Waals surface area contributed by atoms with Crippen molar-refractivity contribution in [3.8, 4) is 0 Å². The lowest BCUT2D eigenvalue weighted by molar-refractivity contribution is 0.0950. The van der Waals surface area contributed by atoms with Crippen molar-refractivity contribution in [1.29, 1.82) is 0 Å². The molecule has 1 heterocycles. The molecular formula is C14H13ClN2O. The third kappa shape index (κ3) is 2.87. The Morgan fingerprint density at radius 1 is 1.33 bits per heavy atom. The van der Waals surface area contributed by atoms with Gasteiger partial charge in [-0.25, -0.2) is 0 Å². The molecule has 0 fully saturated rings. The molecule has 0 aliphatic rings. The highest BCUT2D eigenvalue weighted by Crippen LogP contribution is 2.13. The Morgan fingerprint density at radius 3 is 2.83 bits per heavy atom. The van der Waals surface area contributed by atoms with E-state index < -0.39 is 0 Å². The first-order chi connectivity index (χ1) is 8.68. The van der Waals surface area contributed by atoms with Gasteiger partial charge in [0.2, 0.25) is 0 Å². The van der Waals surface area contributed by atoms with E-state index in [1.165, 1.54) is 6.20 Å². The molecule has 18 heavy (non-hydrogen) atoms. The predicted molar refractivity (Wildman–Crippen MR) is 71.6 cm³/mol. The van der Waals surface area contributed by atoms with Gasteiger partial charge in [-0.05, 0) is 24.1 Å². The number of halogens is 1. The fraction of sp³-hybridized carbons (Fsp3) is 0.143. The summed E-state index contributed by atoms with van der Waals surface area (Å²) in [5, 5.41) is 3.24. The van der Waals surface area contributed by atoms with Gasteiger partial charge in [-0.15, -0.1) is 0 Å². The highest BCUT2D eigenvalue weighted by atomic mass is 35.5. The number of aromatic nitrogens is 1. The Hall–Kier alpha value is -1.87. The quantitative estimate of drug-likeness (QED) is 0.922. The zero-order chi connectivity index (χ0) is 13.0. The maximum atomic E-state index is 11.9. The third-order valence-corrected chi connectivity index (χ3v) is 3.04. The minimum Gasteiger partial charge on any atom is -0.348 e. The molecule has 3 nitrogen and oxygen atoms in total. The van der Waals surface area contributed by atoms with E-state index in [0.717, 1.165) is 11.1 Å². The molecule has 0 unspecified atom stereocenters. The number of carbonyl (C=O) groups excluding carboxylic acids is 1. The van der Waals surface area contributed by atoms with Gasteiger partial charge in [0.05, 0.1) is 10.6 Å². The fourth-order valence-corrected chi connectivity index (χ4v) is 1.81. The molecular weight excluding hydrogens is 248 g/mol. The molecule has 0 radical (unpaired) electrons. The molecule has 1 aromatic carbocycles. The number of hydrogen-bond acceptors (Lipinski definition) is 2. The maximum Gasteiger partial charge on any atom is 0.254 e. The van der Waals surface area contributed by atoms with E-state index >= 15 is 0 Å². The minimum atomic E-state index is -0.212. The smallest absolute Gasteiger partial charge is 0.254 e. The lowest BCUT2D eigenvalue weighted by Crippen LogP contribution is -2.23. The van der Waals surface area contributed by atoms with Gasteiger partial charge in [-0.1, -0.05) is 35.9 Å². The van der Waals surface area contributed by atoms with E-state index in [1.54, 1.807) is 12.3 Å². The van der Waals surface area contributed by atoms with Crippen LogP contribution in [0.2, 0.25) is 5.02 Å². The van der Waals surface area contributed by atoms with E-state index in [9.17, 15) is 4.79 Å². The molecule has 1 N–H and O–H groups in total. The first-order valence-corrected chi connectivity index (χ1v) is 5.98. The SMILES string of the molecule is Cc1ccccc1CNC(=O)c1cnccc1Cl. The Balaban J connectivity index is 2.06. The molecule has 0 aliphatic heterocycles. The second kappa shape index (κ2) is 5.65. The zero-order valence-corrected chi connectivity index (χ0v) is 10.7. The minimum absolute atomic E-state index is 0.212. The lowest BCUT2D eigenvalue weighted by Gasteiger charge is -2.08. The first-order valence-electron chi connectivity index (χ1n) is 5.60. The Kier molecular flexibility index (Phi) is 3.95. The van der Waals surface area contributed by atoms with Gasteiger partial charge in [-0.3, -0.25) is 9.78 Å². The number of aryl methyl sites for hydroxylation is 1. The standard InChI is InChI=1S/C14H13ClN2O/c1-10-4-2-3-5-11(10)8-17-14(18)12-9-16-7-6-13(12)15/h2-7,9H,8H2,1H3,(H,17,18). The first kappa shape index (κ1) is 12.6. The summed E-state index contributed by atoms with van der Waals surface area (Å²) >= 11 is 5.93. The van der Waals surface area contributed by atoms with E-state index in [4.69, 9.17) is 11.6 Å². The van der Waals surface area contributed by atoms with Gasteiger partial charge in [0.1, 0.15) is 0 Å². The van der Waals surface area contributed by atoms with Crippen LogP contribution in [0.5, 0.6) is 0 Å². The van der Waals surface area contributed by atoms with Crippen LogP contribution >= 0.6 is 11.6 Å². The lowest BCUT2D eigenvalue weighted by atomic mass is 10.1. The van der Waals surface area contributed by atoms with Crippen molar-refractivity contribution in [2.45, 2.75) is 13.5 Å². The number of nitrogens with zero attached hydrogens (tertiary/aromatic N) is 1. The van der Waals surface area contributed by atoms with Gasteiger partial charge in [0.15, 0.2) is 0 Å². The summed E-state index contributed by atoms with van der Waals surface area (Å²) < 4.78 is 0. The number of rotatable bonds is 3. The van der Waals surface area contributed by atoms with Crippen molar-refractivity contribution >= 4 is 17.5 Å². The molecule has 2 aromatic rings. The van der Waals surface area contributed by atoms with Gasteiger partial charge in [0.25, 0.3) is 5.91 Å². The van der Waals surface area contributed by atoms with Crippen LogP contribution in [-0.4, -0.2) is 10.9 Å². The average Bonchev–Trinajstić information content (AvgIpc) is 2.38. The van der Waals surface area contributed by atoms with Crippen molar-refractivity contribution in [3.05, 3.63) is 64.4 Å². The summed E-state index contributed by atoms with van der Waals surface area (Å²) in [7, 11) is 0. The van der Waals surface area contributed by atoms with E-state index in [0.29, 0.717) is 17.1 Å². The van der Waals surface area contributed by atoms with Crippen molar-refractivity contribution in [2.75, 3.05) is 0 Å². The zero-order valence-electron chi connectivity index (χ0n) is 9.98. The van der Waals surface area contributed by atoms with Crippen LogP contribution in [0.3, 0.4) is 0 Å². The summed E-state index contributed by atoms with van der Waals surface area (Å²) in [5.41, 5.74) is 2.63. The number of benzene rings is 1. The van der Waals surface area contributed by atoms with Crippen LogP contribution in [-0.2, 0) is 6.54 Å². The van der Waals surface area contributed by atoms with Crippen molar-refractivity contribution in [1.82, 2.24) is 10.3 Å². The Morgan fingerprint density at radius 2 is 2.11 bits per heavy atom. The summed E-state index contributed by atoms with van der Waals surface area (Å²) in [5.74, 6) is -0.212. The molecule has 1 amide bonds. The molecule has 1 aromatic heterocycles. The topological polar surface area (TPSA) is 42.0 Å². The number of hydrogen-bond donors (Lipinski definition) is 1. The van der Waals surface area contributed by atoms with Crippen molar-refractivity contribution < 1.29 is 4.79 Å². The van der Waals surface area contributed by atoms with Crippen LogP contribution in [0.1, 0.15) is 21.5 Å². The van der Waals surface area contributed by atoms with E-state index in [-0.39, 0.29) is 5.91 Å². The highest BCUT2D eigenvalue weighted by molar-refractivity contribution is 6.33. The second-order valence-corrected chi connectivity index (χ2v) is 4.37. The predicted octanol–water partition coefficient (Wildman–Crippen LogP) is 2.97. The summed E-state index contributed by atoms with van der Waals surface area (Å²) in [6, 6.07) is 9.52. The molecule has 0 bridgehead atoms. The number of carbonyl (C=O) groups is 1. The van der Waals surface area contributed by atoms with Gasteiger partial charge in [0, 0.05) is 18.9 Å². The molecule has 4 heteroatoms. The Labute approximate surface area is 111 Å². The maximum absolute atomic E-state index is 11.9. The van der Waals surface area contributed by atoms with Crippen LogP contribution in [0.15, 0.2) is 42.7 Å².